The van der Waals surface area contributed by atoms with Gasteiger partial charge in [0.05, 0.1) is 0 Å². The van der Waals surface area contributed by atoms with Crippen LogP contribution in [0.2, 0.25) is 5.02 Å². The fourth-order valence-corrected chi connectivity index (χ4v) is 6.74. The van der Waals surface area contributed by atoms with Gasteiger partial charge in [-0.2, -0.15) is 0 Å². The number of benzene rings is 1. The van der Waals surface area contributed by atoms with Crippen molar-refractivity contribution in [2.45, 2.75) is 90.4 Å². The molecular weight excluding hydrogens is 336 g/mol. The van der Waals surface area contributed by atoms with Gasteiger partial charge in [-0.3, -0.25) is 0 Å². The lowest BCUT2D eigenvalue weighted by Gasteiger charge is -2.45. The van der Waals surface area contributed by atoms with Crippen molar-refractivity contribution in [3.05, 3.63) is 34.3 Å². The molecule has 0 nitrogen and oxygen atoms in total. The van der Waals surface area contributed by atoms with Crippen LogP contribution < -0.4 is 0 Å². The second-order valence-electron chi connectivity index (χ2n) is 9.68. The van der Waals surface area contributed by atoms with Crippen LogP contribution in [0.4, 0.5) is 0 Å². The van der Waals surface area contributed by atoms with Gasteiger partial charge in [-0.15, -0.1) is 0 Å². The van der Waals surface area contributed by atoms with Gasteiger partial charge in [0.15, 0.2) is 0 Å². The number of hydrogen-bond acceptors (Lipinski definition) is 0. The molecule has 1 aromatic rings. The Hall–Kier alpha value is -0.490. The molecule has 0 spiro atoms. The monoisotopic (exact) mass is 372 g/mol. The molecule has 0 amide bonds. The average Bonchev–Trinajstić information content (AvgIpc) is 2.67. The van der Waals surface area contributed by atoms with E-state index in [4.69, 9.17) is 11.6 Å². The van der Waals surface area contributed by atoms with Crippen molar-refractivity contribution in [1.29, 1.82) is 0 Å². The van der Waals surface area contributed by atoms with Crippen molar-refractivity contribution in [2.24, 2.45) is 29.6 Å². The summed E-state index contributed by atoms with van der Waals surface area (Å²) in [6, 6.07) is 6.61. The number of hydrogen-bond donors (Lipinski definition) is 0. The molecule has 0 radical (unpaired) electrons. The van der Waals surface area contributed by atoms with Crippen LogP contribution in [-0.4, -0.2) is 0 Å². The van der Waals surface area contributed by atoms with E-state index in [9.17, 15) is 0 Å². The molecule has 3 aliphatic carbocycles. The van der Waals surface area contributed by atoms with Crippen LogP contribution in [0.3, 0.4) is 0 Å². The van der Waals surface area contributed by atoms with E-state index in [1.165, 1.54) is 76.2 Å². The molecule has 2 saturated carbocycles. The Morgan fingerprint density at radius 1 is 0.846 bits per heavy atom. The molecule has 0 heterocycles. The average molecular weight is 373 g/mol. The van der Waals surface area contributed by atoms with Crippen LogP contribution in [-0.2, 0) is 12.8 Å². The standard InChI is InChI=1S/C25H37Cl/c1-2-3-4-5-18-6-7-20-15-21(9-8-19(20)14-18)22-10-11-24-17-25(26)13-12-23(24)16-22/h12-13,17-22H,2-11,14-16H2,1H3. The summed E-state index contributed by atoms with van der Waals surface area (Å²) < 4.78 is 0. The maximum atomic E-state index is 6.19. The molecule has 5 unspecified atom stereocenters. The first kappa shape index (κ1) is 18.9. The predicted molar refractivity (Wildman–Crippen MR) is 113 cm³/mol. The van der Waals surface area contributed by atoms with Crippen LogP contribution in [0.15, 0.2) is 18.2 Å². The second-order valence-corrected chi connectivity index (χ2v) is 10.1. The highest BCUT2D eigenvalue weighted by Gasteiger charge is 2.38. The van der Waals surface area contributed by atoms with E-state index < -0.39 is 0 Å². The fourth-order valence-electron chi connectivity index (χ4n) is 6.55. The minimum absolute atomic E-state index is 0.915. The smallest absolute Gasteiger partial charge is 0.0408 e. The van der Waals surface area contributed by atoms with E-state index in [0.717, 1.165) is 34.6 Å². The van der Waals surface area contributed by atoms with Crippen molar-refractivity contribution in [3.63, 3.8) is 0 Å². The molecule has 0 saturated heterocycles. The molecule has 4 rings (SSSR count). The van der Waals surface area contributed by atoms with Crippen LogP contribution >= 0.6 is 11.6 Å². The molecule has 0 aromatic heterocycles. The predicted octanol–water partition coefficient (Wildman–Crippen LogP) is 7.86. The van der Waals surface area contributed by atoms with Gasteiger partial charge in [-0.1, -0.05) is 56.7 Å². The molecule has 144 valence electrons. The first-order chi connectivity index (χ1) is 12.7. The van der Waals surface area contributed by atoms with Crippen molar-refractivity contribution < 1.29 is 0 Å². The maximum Gasteiger partial charge on any atom is 0.0408 e. The van der Waals surface area contributed by atoms with Gasteiger partial charge >= 0.3 is 0 Å². The van der Waals surface area contributed by atoms with Crippen molar-refractivity contribution in [1.82, 2.24) is 0 Å². The summed E-state index contributed by atoms with van der Waals surface area (Å²) in [7, 11) is 0. The van der Waals surface area contributed by atoms with Gasteiger partial charge in [0.1, 0.15) is 0 Å². The topological polar surface area (TPSA) is 0 Å². The van der Waals surface area contributed by atoms with Crippen molar-refractivity contribution in [2.75, 3.05) is 0 Å². The lowest BCUT2D eigenvalue weighted by molar-refractivity contribution is 0.0690. The molecule has 0 N–H and O–H groups in total. The highest BCUT2D eigenvalue weighted by atomic mass is 35.5. The minimum atomic E-state index is 0.915. The molecule has 26 heavy (non-hydrogen) atoms. The van der Waals surface area contributed by atoms with E-state index in [0.29, 0.717) is 0 Å². The Kier molecular flexibility index (Phi) is 6.29. The molecule has 0 aliphatic heterocycles. The summed E-state index contributed by atoms with van der Waals surface area (Å²) in [6.07, 6.45) is 19.0. The Morgan fingerprint density at radius 3 is 2.46 bits per heavy atom. The Morgan fingerprint density at radius 2 is 1.62 bits per heavy atom. The van der Waals surface area contributed by atoms with Crippen LogP contribution in [0.1, 0.15) is 88.7 Å². The lowest BCUT2D eigenvalue weighted by Crippen LogP contribution is -2.35. The second kappa shape index (κ2) is 8.68. The van der Waals surface area contributed by atoms with E-state index in [-0.39, 0.29) is 0 Å². The molecule has 3 aliphatic rings. The highest BCUT2D eigenvalue weighted by Crippen LogP contribution is 2.49. The summed E-state index contributed by atoms with van der Waals surface area (Å²) >= 11 is 6.19. The van der Waals surface area contributed by atoms with Gasteiger partial charge in [0.2, 0.25) is 0 Å². The molecule has 0 bridgehead atoms. The van der Waals surface area contributed by atoms with E-state index >= 15 is 0 Å². The molecule has 2 fully saturated rings. The third-order valence-electron chi connectivity index (χ3n) is 8.08. The maximum absolute atomic E-state index is 6.19. The zero-order valence-electron chi connectivity index (χ0n) is 16.7. The quantitative estimate of drug-likeness (QED) is 0.461. The number of halogens is 1. The van der Waals surface area contributed by atoms with Crippen LogP contribution in [0.25, 0.3) is 0 Å². The summed E-state index contributed by atoms with van der Waals surface area (Å²) in [5, 5.41) is 0.915. The molecule has 1 heteroatoms. The number of fused-ring (bicyclic) bond motifs is 2. The highest BCUT2D eigenvalue weighted by molar-refractivity contribution is 6.30. The zero-order valence-corrected chi connectivity index (χ0v) is 17.4. The Balaban J connectivity index is 1.30. The first-order valence-electron chi connectivity index (χ1n) is 11.5. The largest absolute Gasteiger partial charge is 0.0843 e. The molecule has 1 aromatic carbocycles. The van der Waals surface area contributed by atoms with Crippen LogP contribution in [0, 0.1) is 29.6 Å². The van der Waals surface area contributed by atoms with E-state index in [2.05, 4.69) is 25.1 Å². The third-order valence-corrected chi connectivity index (χ3v) is 8.31. The SMILES string of the molecule is CCCCCC1CCC2CC(C3CCc4cc(Cl)ccc4C3)CCC2C1. The fraction of sp³-hybridized carbons (Fsp3) is 0.760. The molecule has 5 atom stereocenters. The van der Waals surface area contributed by atoms with E-state index in [1.807, 2.05) is 0 Å². The Bertz CT molecular complexity index is 592. The summed E-state index contributed by atoms with van der Waals surface area (Å²) in [5.74, 6) is 5.12. The first-order valence-corrected chi connectivity index (χ1v) is 11.9. The van der Waals surface area contributed by atoms with Gasteiger partial charge in [0, 0.05) is 5.02 Å². The van der Waals surface area contributed by atoms with Gasteiger partial charge < -0.3 is 0 Å². The van der Waals surface area contributed by atoms with Gasteiger partial charge in [0.25, 0.3) is 0 Å². The minimum Gasteiger partial charge on any atom is -0.0843 e. The van der Waals surface area contributed by atoms with Gasteiger partial charge in [-0.25, -0.2) is 0 Å². The number of aryl methyl sites for hydroxylation is 1. The van der Waals surface area contributed by atoms with Crippen molar-refractivity contribution in [3.8, 4) is 0 Å². The zero-order chi connectivity index (χ0) is 17.9. The van der Waals surface area contributed by atoms with Crippen LogP contribution in [0.5, 0.6) is 0 Å². The summed E-state index contributed by atoms with van der Waals surface area (Å²) in [5.41, 5.74) is 3.11. The number of rotatable bonds is 5. The molecular formula is C25H37Cl. The third kappa shape index (κ3) is 4.32. The normalized spacial score (nSPS) is 34.2. The van der Waals surface area contributed by atoms with E-state index in [1.54, 1.807) is 18.4 Å². The lowest BCUT2D eigenvalue weighted by atomic mass is 9.61. The summed E-state index contributed by atoms with van der Waals surface area (Å²) in [4.78, 5) is 0. The van der Waals surface area contributed by atoms with Crippen molar-refractivity contribution >= 4 is 11.6 Å². The number of unbranched alkanes of at least 4 members (excludes halogenated alkanes) is 2. The summed E-state index contributed by atoms with van der Waals surface area (Å²) in [6.45, 7) is 2.33. The van der Waals surface area contributed by atoms with Gasteiger partial charge in [-0.05, 0) is 104 Å². The Labute approximate surface area is 166 Å².